The maximum Gasteiger partial charge on any atom is 0.255 e. The molecule has 0 bridgehead atoms. The number of amides is 1. The van der Waals surface area contributed by atoms with Gasteiger partial charge in [-0.25, -0.2) is 8.42 Å². The summed E-state index contributed by atoms with van der Waals surface area (Å²) in [6, 6.07) is 9.44. The third-order valence-corrected chi connectivity index (χ3v) is 7.65. The van der Waals surface area contributed by atoms with Crippen LogP contribution in [0.1, 0.15) is 49.9 Å². The lowest BCUT2D eigenvalue weighted by Crippen LogP contribution is -2.35. The summed E-state index contributed by atoms with van der Waals surface area (Å²) in [6.45, 7) is 5.79. The molecule has 0 saturated carbocycles. The van der Waals surface area contributed by atoms with Crippen LogP contribution in [0.5, 0.6) is 17.2 Å². The smallest absolute Gasteiger partial charge is 0.255 e. The number of anilines is 1. The number of carbonyl (C=O) groups is 1. The van der Waals surface area contributed by atoms with Gasteiger partial charge in [-0.1, -0.05) is 20.3 Å². The highest BCUT2D eigenvalue weighted by Gasteiger charge is 2.27. The van der Waals surface area contributed by atoms with Crippen LogP contribution in [-0.2, 0) is 10.0 Å². The van der Waals surface area contributed by atoms with Gasteiger partial charge in [0.25, 0.3) is 5.91 Å². The number of rotatable bonds is 10. The minimum absolute atomic E-state index is 0.122. The van der Waals surface area contributed by atoms with Gasteiger partial charge in [0.15, 0.2) is 11.5 Å². The summed E-state index contributed by atoms with van der Waals surface area (Å²) in [6.07, 6.45) is 3.62. The zero-order chi connectivity index (χ0) is 24.7. The predicted molar refractivity (Wildman–Crippen MR) is 132 cm³/mol. The van der Waals surface area contributed by atoms with Crippen molar-refractivity contribution < 1.29 is 27.4 Å². The second kappa shape index (κ2) is 11.6. The molecule has 0 aliphatic carbocycles. The minimum atomic E-state index is -3.65. The molecule has 2 aromatic rings. The van der Waals surface area contributed by atoms with Gasteiger partial charge in [0.2, 0.25) is 10.0 Å². The number of methoxy groups -OCH3 is 2. The average molecular weight is 491 g/mol. The van der Waals surface area contributed by atoms with Gasteiger partial charge in [-0.3, -0.25) is 4.79 Å². The lowest BCUT2D eigenvalue weighted by atomic mass is 10.1. The van der Waals surface area contributed by atoms with E-state index in [0.29, 0.717) is 48.4 Å². The molecule has 1 amide bonds. The SMILES string of the molecule is COc1ccc(S(=O)(=O)N2CCCCC2)cc1NC(=O)c1ccc(OCCC(C)C)c(OC)c1. The first kappa shape index (κ1) is 25.8. The summed E-state index contributed by atoms with van der Waals surface area (Å²) in [4.78, 5) is 13.1. The van der Waals surface area contributed by atoms with Crippen molar-refractivity contribution in [1.29, 1.82) is 0 Å². The van der Waals surface area contributed by atoms with E-state index in [1.165, 1.54) is 30.7 Å². The molecule has 0 unspecified atom stereocenters. The second-order valence-electron chi connectivity index (χ2n) is 8.68. The normalized spacial score (nSPS) is 14.6. The maximum absolute atomic E-state index is 13.1. The van der Waals surface area contributed by atoms with E-state index in [1.54, 1.807) is 24.3 Å². The Morgan fingerprint density at radius 2 is 1.65 bits per heavy atom. The van der Waals surface area contributed by atoms with E-state index in [4.69, 9.17) is 14.2 Å². The summed E-state index contributed by atoms with van der Waals surface area (Å²) in [5.74, 6) is 1.47. The predicted octanol–water partition coefficient (Wildman–Crippen LogP) is 4.56. The lowest BCUT2D eigenvalue weighted by molar-refractivity contribution is 0.102. The van der Waals surface area contributed by atoms with Gasteiger partial charge in [0.05, 0.1) is 31.4 Å². The van der Waals surface area contributed by atoms with Crippen LogP contribution in [0, 0.1) is 5.92 Å². The molecule has 8 nitrogen and oxygen atoms in total. The summed E-state index contributed by atoms with van der Waals surface area (Å²) < 4.78 is 44.2. The summed E-state index contributed by atoms with van der Waals surface area (Å²) in [7, 11) is -0.665. The topological polar surface area (TPSA) is 94.2 Å². The van der Waals surface area contributed by atoms with Crippen molar-refractivity contribution in [1.82, 2.24) is 4.31 Å². The highest BCUT2D eigenvalue weighted by Crippen LogP contribution is 2.32. The molecule has 34 heavy (non-hydrogen) atoms. The molecule has 1 saturated heterocycles. The fourth-order valence-electron chi connectivity index (χ4n) is 3.73. The van der Waals surface area contributed by atoms with E-state index >= 15 is 0 Å². The molecule has 1 aliphatic heterocycles. The van der Waals surface area contributed by atoms with E-state index < -0.39 is 15.9 Å². The van der Waals surface area contributed by atoms with Crippen LogP contribution >= 0.6 is 0 Å². The molecule has 1 heterocycles. The van der Waals surface area contributed by atoms with Crippen LogP contribution in [0.25, 0.3) is 0 Å². The maximum atomic E-state index is 13.1. The largest absolute Gasteiger partial charge is 0.495 e. The number of hydrogen-bond acceptors (Lipinski definition) is 6. The van der Waals surface area contributed by atoms with Crippen molar-refractivity contribution in [2.24, 2.45) is 5.92 Å². The van der Waals surface area contributed by atoms with Gasteiger partial charge >= 0.3 is 0 Å². The number of ether oxygens (including phenoxy) is 3. The fourth-order valence-corrected chi connectivity index (χ4v) is 5.27. The molecule has 9 heteroatoms. The highest BCUT2D eigenvalue weighted by molar-refractivity contribution is 7.89. The third kappa shape index (κ3) is 6.21. The molecule has 2 aromatic carbocycles. The van der Waals surface area contributed by atoms with Crippen LogP contribution in [0.2, 0.25) is 0 Å². The van der Waals surface area contributed by atoms with Gasteiger partial charge in [-0.2, -0.15) is 4.31 Å². The van der Waals surface area contributed by atoms with E-state index in [0.717, 1.165) is 25.7 Å². The first-order chi connectivity index (χ1) is 16.3. The Bertz CT molecular complexity index is 1090. The van der Waals surface area contributed by atoms with Crippen molar-refractivity contribution in [3.8, 4) is 17.2 Å². The molecule has 0 radical (unpaired) electrons. The van der Waals surface area contributed by atoms with Gasteiger partial charge in [-0.05, 0) is 61.6 Å². The van der Waals surface area contributed by atoms with Gasteiger partial charge in [-0.15, -0.1) is 0 Å². The number of hydrogen-bond donors (Lipinski definition) is 1. The Morgan fingerprint density at radius 1 is 0.971 bits per heavy atom. The Kier molecular flexibility index (Phi) is 8.79. The number of benzene rings is 2. The van der Waals surface area contributed by atoms with Gasteiger partial charge in [0.1, 0.15) is 5.75 Å². The average Bonchev–Trinajstić information content (AvgIpc) is 2.84. The summed E-state index contributed by atoms with van der Waals surface area (Å²) in [5.41, 5.74) is 0.626. The summed E-state index contributed by atoms with van der Waals surface area (Å²) >= 11 is 0. The first-order valence-corrected chi connectivity index (χ1v) is 13.0. The Balaban J connectivity index is 1.81. The van der Waals surface area contributed by atoms with E-state index in [1.807, 2.05) is 0 Å². The molecule has 1 fully saturated rings. The minimum Gasteiger partial charge on any atom is -0.495 e. The van der Waals surface area contributed by atoms with Crippen LogP contribution in [0.3, 0.4) is 0 Å². The molecule has 1 N–H and O–H groups in total. The van der Waals surface area contributed by atoms with E-state index in [2.05, 4.69) is 19.2 Å². The fraction of sp³-hybridized carbons (Fsp3) is 0.480. The Morgan fingerprint density at radius 3 is 2.29 bits per heavy atom. The van der Waals surface area contributed by atoms with Gasteiger partial charge < -0.3 is 19.5 Å². The van der Waals surface area contributed by atoms with Crippen molar-refractivity contribution in [3.05, 3.63) is 42.0 Å². The van der Waals surface area contributed by atoms with Crippen LogP contribution in [-0.4, -0.2) is 52.5 Å². The van der Waals surface area contributed by atoms with Crippen molar-refractivity contribution >= 4 is 21.6 Å². The second-order valence-corrected chi connectivity index (χ2v) is 10.6. The summed E-state index contributed by atoms with van der Waals surface area (Å²) in [5, 5.41) is 2.78. The van der Waals surface area contributed by atoms with Gasteiger partial charge in [0, 0.05) is 18.7 Å². The van der Waals surface area contributed by atoms with E-state index in [9.17, 15) is 13.2 Å². The van der Waals surface area contributed by atoms with Crippen molar-refractivity contribution in [3.63, 3.8) is 0 Å². The molecular formula is C25H34N2O6S. The molecule has 0 aromatic heterocycles. The number of nitrogens with zero attached hydrogens (tertiary/aromatic N) is 1. The zero-order valence-corrected chi connectivity index (χ0v) is 21.1. The Labute approximate surface area is 202 Å². The number of piperidine rings is 1. The molecule has 1 aliphatic rings. The lowest BCUT2D eigenvalue weighted by Gasteiger charge is -2.26. The highest BCUT2D eigenvalue weighted by atomic mass is 32.2. The standard InChI is InChI=1S/C25H34N2O6S/c1-18(2)12-15-33-23-10-8-19(16-24(23)32-4)25(28)26-21-17-20(9-11-22(21)31-3)34(29,30)27-13-6-5-7-14-27/h8-11,16-18H,5-7,12-15H2,1-4H3,(H,26,28). The molecule has 3 rings (SSSR count). The number of nitrogens with one attached hydrogen (secondary N) is 1. The van der Waals surface area contributed by atoms with Crippen LogP contribution in [0.4, 0.5) is 5.69 Å². The monoisotopic (exact) mass is 490 g/mol. The van der Waals surface area contributed by atoms with E-state index in [-0.39, 0.29) is 10.6 Å². The Hall–Kier alpha value is -2.78. The van der Waals surface area contributed by atoms with Crippen molar-refractivity contribution in [2.45, 2.75) is 44.4 Å². The molecule has 186 valence electrons. The van der Waals surface area contributed by atoms with Crippen LogP contribution < -0.4 is 19.5 Å². The quantitative estimate of drug-likeness (QED) is 0.525. The van der Waals surface area contributed by atoms with Crippen LogP contribution in [0.15, 0.2) is 41.3 Å². The molecule has 0 spiro atoms. The zero-order valence-electron chi connectivity index (χ0n) is 20.3. The number of sulfonamides is 1. The third-order valence-electron chi connectivity index (χ3n) is 5.75. The first-order valence-electron chi connectivity index (χ1n) is 11.6. The van der Waals surface area contributed by atoms with Crippen molar-refractivity contribution in [2.75, 3.05) is 39.2 Å². The molecular weight excluding hydrogens is 456 g/mol. The molecule has 0 atom stereocenters. The number of carbonyl (C=O) groups excluding carboxylic acids is 1.